The number of fused-ring (bicyclic) bond motifs is 3. The van der Waals surface area contributed by atoms with E-state index in [1.807, 2.05) is 0 Å². The molecule has 0 aliphatic carbocycles. The Kier molecular flexibility index (Phi) is 2.90. The van der Waals surface area contributed by atoms with Crippen LogP contribution >= 0.6 is 0 Å². The second kappa shape index (κ2) is 4.81. The molecule has 4 heterocycles. The quantitative estimate of drug-likeness (QED) is 0.785. The number of aromatic carboxylic acids is 1. The Morgan fingerprint density at radius 2 is 2.27 bits per heavy atom. The number of carbonyl (C=O) groups is 2. The van der Waals surface area contributed by atoms with Crippen LogP contribution in [0.1, 0.15) is 40.1 Å². The third-order valence-electron chi connectivity index (χ3n) is 4.54. The number of furan rings is 1. The van der Waals surface area contributed by atoms with Gasteiger partial charge >= 0.3 is 5.97 Å². The zero-order valence-electron chi connectivity index (χ0n) is 11.7. The molecular weight excluding hydrogens is 286 g/mol. The summed E-state index contributed by atoms with van der Waals surface area (Å²) < 4.78 is 5.13. The van der Waals surface area contributed by atoms with Gasteiger partial charge in [0, 0.05) is 23.5 Å². The van der Waals surface area contributed by atoms with Crippen molar-refractivity contribution in [1.82, 2.24) is 15.6 Å². The SMILES string of the molecule is O=C(N[C@@H]1C[C@H]2CC[C@@H]1N2)c1cc2c(C(=O)O)coc2cn1. The molecule has 2 saturated heterocycles. The normalized spacial score (nSPS) is 26.5. The largest absolute Gasteiger partial charge is 0.478 e. The van der Waals surface area contributed by atoms with E-state index < -0.39 is 5.97 Å². The number of nitrogens with zero attached hydrogens (tertiary/aromatic N) is 1. The Labute approximate surface area is 125 Å². The van der Waals surface area contributed by atoms with Crippen LogP contribution in [-0.4, -0.2) is 40.1 Å². The fraction of sp³-hybridized carbons (Fsp3) is 0.400. The summed E-state index contributed by atoms with van der Waals surface area (Å²) in [7, 11) is 0. The Morgan fingerprint density at radius 3 is 2.95 bits per heavy atom. The van der Waals surface area contributed by atoms with Crippen molar-refractivity contribution in [2.45, 2.75) is 37.4 Å². The summed E-state index contributed by atoms with van der Waals surface area (Å²) in [6, 6.07) is 2.42. The first kappa shape index (κ1) is 13.3. The molecule has 0 spiro atoms. The predicted molar refractivity (Wildman–Crippen MR) is 76.8 cm³/mol. The molecule has 0 unspecified atom stereocenters. The van der Waals surface area contributed by atoms with Crippen LogP contribution in [0, 0.1) is 0 Å². The zero-order chi connectivity index (χ0) is 15.3. The van der Waals surface area contributed by atoms with Crippen molar-refractivity contribution in [3.63, 3.8) is 0 Å². The van der Waals surface area contributed by atoms with Gasteiger partial charge in [0.25, 0.3) is 5.91 Å². The third kappa shape index (κ3) is 2.05. The van der Waals surface area contributed by atoms with Crippen LogP contribution in [0.25, 0.3) is 11.0 Å². The number of pyridine rings is 1. The molecule has 2 aromatic rings. The molecule has 2 fully saturated rings. The minimum atomic E-state index is -1.09. The minimum Gasteiger partial charge on any atom is -0.478 e. The molecule has 0 radical (unpaired) electrons. The van der Waals surface area contributed by atoms with Gasteiger partial charge in [-0.3, -0.25) is 4.79 Å². The van der Waals surface area contributed by atoms with Crippen molar-refractivity contribution in [1.29, 1.82) is 0 Å². The van der Waals surface area contributed by atoms with E-state index in [-0.39, 0.29) is 23.2 Å². The van der Waals surface area contributed by atoms with E-state index in [0.29, 0.717) is 23.1 Å². The Bertz CT molecular complexity index is 769. The Morgan fingerprint density at radius 1 is 1.41 bits per heavy atom. The summed E-state index contributed by atoms with van der Waals surface area (Å²) in [5.41, 5.74) is 0.600. The first-order valence-electron chi connectivity index (χ1n) is 7.29. The van der Waals surface area contributed by atoms with E-state index in [2.05, 4.69) is 15.6 Å². The summed E-state index contributed by atoms with van der Waals surface area (Å²) in [5.74, 6) is -1.37. The summed E-state index contributed by atoms with van der Waals surface area (Å²) >= 11 is 0. The topological polar surface area (TPSA) is 104 Å². The summed E-state index contributed by atoms with van der Waals surface area (Å²) in [5, 5.41) is 15.9. The lowest BCUT2D eigenvalue weighted by Crippen LogP contribution is -2.43. The van der Waals surface area contributed by atoms with E-state index in [1.54, 1.807) is 0 Å². The van der Waals surface area contributed by atoms with Crippen molar-refractivity contribution < 1.29 is 19.1 Å². The number of hydrogen-bond donors (Lipinski definition) is 3. The van der Waals surface area contributed by atoms with Gasteiger partial charge in [0.15, 0.2) is 5.58 Å². The number of amides is 1. The maximum absolute atomic E-state index is 12.3. The number of rotatable bonds is 3. The highest BCUT2D eigenvalue weighted by atomic mass is 16.4. The molecule has 3 atom stereocenters. The molecule has 2 bridgehead atoms. The van der Waals surface area contributed by atoms with Gasteiger partial charge < -0.3 is 20.2 Å². The van der Waals surface area contributed by atoms with Crippen LogP contribution in [-0.2, 0) is 0 Å². The van der Waals surface area contributed by atoms with Crippen LogP contribution in [0.2, 0.25) is 0 Å². The van der Waals surface area contributed by atoms with Crippen LogP contribution in [0.15, 0.2) is 22.9 Å². The Hall–Kier alpha value is -2.41. The zero-order valence-corrected chi connectivity index (χ0v) is 11.7. The lowest BCUT2D eigenvalue weighted by atomic mass is 9.95. The fourth-order valence-corrected chi connectivity index (χ4v) is 3.45. The van der Waals surface area contributed by atoms with Crippen molar-refractivity contribution >= 4 is 22.8 Å². The maximum atomic E-state index is 12.3. The van der Waals surface area contributed by atoms with Gasteiger partial charge in [0.2, 0.25) is 0 Å². The van der Waals surface area contributed by atoms with Crippen LogP contribution in [0.3, 0.4) is 0 Å². The van der Waals surface area contributed by atoms with Crippen molar-refractivity contribution in [2.75, 3.05) is 0 Å². The standard InChI is InChI=1S/C15H15N3O4/c19-14(18-11-3-7-1-2-10(11)17-7)12-4-8-9(15(20)21)6-22-13(8)5-16-12/h4-7,10-11,17H,1-3H2,(H,18,19)(H,20,21)/t7-,10+,11-/m1/s1. The maximum Gasteiger partial charge on any atom is 0.339 e. The van der Waals surface area contributed by atoms with E-state index >= 15 is 0 Å². The van der Waals surface area contributed by atoms with Crippen molar-refractivity contribution in [3.05, 3.63) is 29.8 Å². The summed E-state index contributed by atoms with van der Waals surface area (Å²) in [4.78, 5) is 27.5. The molecule has 22 heavy (non-hydrogen) atoms. The monoisotopic (exact) mass is 301 g/mol. The van der Waals surface area contributed by atoms with Crippen molar-refractivity contribution in [3.8, 4) is 0 Å². The van der Waals surface area contributed by atoms with Crippen LogP contribution in [0.5, 0.6) is 0 Å². The number of carbonyl (C=O) groups excluding carboxylic acids is 1. The van der Waals surface area contributed by atoms with Gasteiger partial charge in [-0.1, -0.05) is 0 Å². The molecule has 0 saturated carbocycles. The van der Waals surface area contributed by atoms with E-state index in [0.717, 1.165) is 25.5 Å². The molecule has 2 aromatic heterocycles. The highest BCUT2D eigenvalue weighted by Gasteiger charge is 2.39. The molecule has 0 aromatic carbocycles. The number of aromatic nitrogens is 1. The summed E-state index contributed by atoms with van der Waals surface area (Å²) in [6.45, 7) is 0. The highest BCUT2D eigenvalue weighted by Crippen LogP contribution is 2.28. The lowest BCUT2D eigenvalue weighted by Gasteiger charge is -2.21. The van der Waals surface area contributed by atoms with Gasteiger partial charge in [-0.2, -0.15) is 0 Å². The van der Waals surface area contributed by atoms with E-state index in [9.17, 15) is 9.59 Å². The first-order chi connectivity index (χ1) is 10.6. The molecule has 3 N–H and O–H groups in total. The van der Waals surface area contributed by atoms with Gasteiger partial charge in [0.05, 0.1) is 6.20 Å². The molecule has 1 amide bonds. The average Bonchev–Trinajstić information content (AvgIpc) is 3.20. The summed E-state index contributed by atoms with van der Waals surface area (Å²) in [6.07, 6.45) is 5.72. The van der Waals surface area contributed by atoms with E-state index in [1.165, 1.54) is 12.3 Å². The van der Waals surface area contributed by atoms with Gasteiger partial charge in [-0.25, -0.2) is 9.78 Å². The second-order valence-electron chi connectivity index (χ2n) is 5.88. The van der Waals surface area contributed by atoms with Gasteiger partial charge in [-0.15, -0.1) is 0 Å². The molecular formula is C15H15N3O4. The average molecular weight is 301 g/mol. The highest BCUT2D eigenvalue weighted by molar-refractivity contribution is 6.04. The van der Waals surface area contributed by atoms with Gasteiger partial charge in [-0.05, 0) is 25.3 Å². The molecule has 7 heteroatoms. The van der Waals surface area contributed by atoms with Crippen LogP contribution < -0.4 is 10.6 Å². The molecule has 2 aliphatic heterocycles. The van der Waals surface area contributed by atoms with Crippen LogP contribution in [0.4, 0.5) is 0 Å². The fourth-order valence-electron chi connectivity index (χ4n) is 3.45. The number of hydrogen-bond acceptors (Lipinski definition) is 5. The molecule has 114 valence electrons. The van der Waals surface area contributed by atoms with Gasteiger partial charge in [0.1, 0.15) is 17.5 Å². The predicted octanol–water partition coefficient (Wildman–Crippen LogP) is 1.15. The smallest absolute Gasteiger partial charge is 0.339 e. The molecule has 2 aliphatic rings. The lowest BCUT2D eigenvalue weighted by molar-refractivity contribution is 0.0697. The number of carboxylic acids is 1. The second-order valence-corrected chi connectivity index (χ2v) is 5.88. The third-order valence-corrected chi connectivity index (χ3v) is 4.54. The van der Waals surface area contributed by atoms with E-state index in [4.69, 9.17) is 9.52 Å². The Balaban J connectivity index is 1.59. The molecule has 7 nitrogen and oxygen atoms in total. The molecule has 4 rings (SSSR count). The van der Waals surface area contributed by atoms with Crippen molar-refractivity contribution in [2.24, 2.45) is 0 Å². The minimum absolute atomic E-state index is 0.0352. The number of nitrogens with one attached hydrogen (secondary N) is 2. The number of carboxylic acid groups (broad SMARTS) is 1. The first-order valence-corrected chi connectivity index (χ1v) is 7.29.